The number of ether oxygens (including phenoxy) is 2. The Bertz CT molecular complexity index is 1260. The van der Waals surface area contributed by atoms with Crippen LogP contribution in [0.4, 0.5) is 5.69 Å². The number of H-pyrrole nitrogens is 1. The van der Waals surface area contributed by atoms with Gasteiger partial charge in [-0.05, 0) is 62.6 Å². The quantitative estimate of drug-likeness (QED) is 0.330. The number of esters is 1. The molecule has 2 aromatic carbocycles. The van der Waals surface area contributed by atoms with Crippen LogP contribution in [0.1, 0.15) is 61.4 Å². The van der Waals surface area contributed by atoms with E-state index in [4.69, 9.17) is 9.47 Å². The van der Waals surface area contributed by atoms with Gasteiger partial charge in [0.2, 0.25) is 11.7 Å². The Hall–Kier alpha value is -4.20. The Kier molecular flexibility index (Phi) is 8.20. The minimum atomic E-state index is -0.739. The molecule has 182 valence electrons. The number of carbonyl (C=O) groups is 4. The third-order valence-corrected chi connectivity index (χ3v) is 5.62. The molecular formula is C27H28N2O6. The van der Waals surface area contributed by atoms with Crippen LogP contribution in [0.5, 0.6) is 5.75 Å². The highest BCUT2D eigenvalue weighted by molar-refractivity contribution is 6.05. The molecule has 0 radical (unpaired) electrons. The van der Waals surface area contributed by atoms with Gasteiger partial charge in [-0.2, -0.15) is 0 Å². The van der Waals surface area contributed by atoms with E-state index in [0.717, 1.165) is 11.3 Å². The van der Waals surface area contributed by atoms with Crippen molar-refractivity contribution in [2.45, 2.75) is 33.6 Å². The summed E-state index contributed by atoms with van der Waals surface area (Å²) < 4.78 is 10.4. The SMILES string of the molecule is COc1ccc(CCC(=O)Nc2ccccc2C(=O)OCC(=O)c2[nH]c(C)c(C(C)=O)c2C)cc1. The van der Waals surface area contributed by atoms with Crippen LogP contribution in [0.25, 0.3) is 0 Å². The van der Waals surface area contributed by atoms with Crippen LogP contribution in [0, 0.1) is 13.8 Å². The number of benzene rings is 2. The van der Waals surface area contributed by atoms with Gasteiger partial charge in [0.05, 0.1) is 24.1 Å². The molecule has 8 nitrogen and oxygen atoms in total. The zero-order chi connectivity index (χ0) is 25.5. The molecule has 3 aromatic rings. The second kappa shape index (κ2) is 11.3. The Morgan fingerprint density at radius 3 is 2.29 bits per heavy atom. The number of Topliss-reactive ketones (excluding diaryl/α,β-unsaturated/α-hetero) is 2. The summed E-state index contributed by atoms with van der Waals surface area (Å²) in [5, 5.41) is 2.74. The summed E-state index contributed by atoms with van der Waals surface area (Å²) in [5.41, 5.74) is 3.24. The number of amides is 1. The lowest BCUT2D eigenvalue weighted by molar-refractivity contribution is -0.116. The van der Waals surface area contributed by atoms with Gasteiger partial charge in [-0.25, -0.2) is 4.79 Å². The predicted octanol–water partition coefficient (Wildman–Crippen LogP) is 4.45. The predicted molar refractivity (Wildman–Crippen MR) is 131 cm³/mol. The van der Waals surface area contributed by atoms with Crippen molar-refractivity contribution in [1.29, 1.82) is 0 Å². The lowest BCUT2D eigenvalue weighted by Crippen LogP contribution is -2.19. The summed E-state index contributed by atoms with van der Waals surface area (Å²) in [5.74, 6) is -0.857. The molecule has 0 aliphatic carbocycles. The second-order valence-corrected chi connectivity index (χ2v) is 8.12. The molecule has 0 saturated carbocycles. The van der Waals surface area contributed by atoms with E-state index in [9.17, 15) is 19.2 Å². The van der Waals surface area contributed by atoms with E-state index in [-0.39, 0.29) is 29.4 Å². The van der Waals surface area contributed by atoms with Gasteiger partial charge in [-0.3, -0.25) is 14.4 Å². The average molecular weight is 477 g/mol. The van der Waals surface area contributed by atoms with Gasteiger partial charge in [0, 0.05) is 17.7 Å². The molecule has 1 amide bonds. The third kappa shape index (κ3) is 6.23. The van der Waals surface area contributed by atoms with Crippen LogP contribution in [0.15, 0.2) is 48.5 Å². The molecule has 0 aliphatic rings. The first kappa shape index (κ1) is 25.4. The Morgan fingerprint density at radius 1 is 0.971 bits per heavy atom. The number of ketones is 2. The van der Waals surface area contributed by atoms with Crippen LogP contribution in [0.2, 0.25) is 0 Å². The highest BCUT2D eigenvalue weighted by atomic mass is 16.5. The van der Waals surface area contributed by atoms with Crippen molar-refractivity contribution in [2.24, 2.45) is 0 Å². The number of hydrogen-bond acceptors (Lipinski definition) is 6. The van der Waals surface area contributed by atoms with Crippen LogP contribution in [0.3, 0.4) is 0 Å². The summed E-state index contributed by atoms with van der Waals surface area (Å²) in [6.45, 7) is 4.31. The zero-order valence-electron chi connectivity index (χ0n) is 20.2. The molecule has 0 atom stereocenters. The molecule has 0 aliphatic heterocycles. The molecule has 0 bridgehead atoms. The Labute approximate surface area is 203 Å². The first-order valence-corrected chi connectivity index (χ1v) is 11.1. The normalized spacial score (nSPS) is 10.5. The highest BCUT2D eigenvalue weighted by Crippen LogP contribution is 2.20. The average Bonchev–Trinajstić information content (AvgIpc) is 3.15. The van der Waals surface area contributed by atoms with E-state index >= 15 is 0 Å². The summed E-state index contributed by atoms with van der Waals surface area (Å²) >= 11 is 0. The summed E-state index contributed by atoms with van der Waals surface area (Å²) in [7, 11) is 1.59. The number of nitrogens with one attached hydrogen (secondary N) is 2. The van der Waals surface area contributed by atoms with Gasteiger partial charge in [0.15, 0.2) is 12.4 Å². The first-order chi connectivity index (χ1) is 16.7. The molecule has 1 aromatic heterocycles. The maximum atomic E-state index is 12.7. The Balaban J connectivity index is 1.61. The molecule has 0 fully saturated rings. The molecule has 2 N–H and O–H groups in total. The number of aryl methyl sites for hydroxylation is 2. The van der Waals surface area contributed by atoms with Crippen LogP contribution in [-0.4, -0.2) is 42.1 Å². The van der Waals surface area contributed by atoms with Gasteiger partial charge in [0.1, 0.15) is 5.75 Å². The summed E-state index contributed by atoms with van der Waals surface area (Å²) in [6, 6.07) is 13.9. The second-order valence-electron chi connectivity index (χ2n) is 8.12. The van der Waals surface area contributed by atoms with Crippen molar-refractivity contribution < 1.29 is 28.7 Å². The van der Waals surface area contributed by atoms with E-state index in [1.807, 2.05) is 24.3 Å². The van der Waals surface area contributed by atoms with Crippen LogP contribution in [-0.2, 0) is 16.0 Å². The van der Waals surface area contributed by atoms with Gasteiger partial charge in [0.25, 0.3) is 0 Å². The molecule has 3 rings (SSSR count). The van der Waals surface area contributed by atoms with E-state index in [1.165, 1.54) is 13.0 Å². The monoisotopic (exact) mass is 476 g/mol. The fourth-order valence-electron chi connectivity index (χ4n) is 3.87. The van der Waals surface area contributed by atoms with E-state index in [0.29, 0.717) is 28.9 Å². The van der Waals surface area contributed by atoms with Gasteiger partial charge in [-0.1, -0.05) is 24.3 Å². The third-order valence-electron chi connectivity index (χ3n) is 5.62. The number of aromatic amines is 1. The van der Waals surface area contributed by atoms with Crippen molar-refractivity contribution in [3.63, 3.8) is 0 Å². The number of aromatic nitrogens is 1. The zero-order valence-corrected chi connectivity index (χ0v) is 20.2. The molecule has 0 unspecified atom stereocenters. The largest absolute Gasteiger partial charge is 0.497 e. The fraction of sp³-hybridized carbons (Fsp3) is 0.259. The molecule has 35 heavy (non-hydrogen) atoms. The number of methoxy groups -OCH3 is 1. The highest BCUT2D eigenvalue weighted by Gasteiger charge is 2.22. The number of rotatable bonds is 10. The van der Waals surface area contributed by atoms with Crippen molar-refractivity contribution in [2.75, 3.05) is 19.0 Å². The summed E-state index contributed by atoms with van der Waals surface area (Å²) in [6.07, 6.45) is 0.742. The number of para-hydroxylation sites is 1. The maximum absolute atomic E-state index is 12.7. The maximum Gasteiger partial charge on any atom is 0.340 e. The number of hydrogen-bond donors (Lipinski definition) is 2. The van der Waals surface area contributed by atoms with E-state index in [1.54, 1.807) is 39.2 Å². The molecular weight excluding hydrogens is 448 g/mol. The molecule has 0 saturated heterocycles. The topological polar surface area (TPSA) is 115 Å². The van der Waals surface area contributed by atoms with Crippen molar-refractivity contribution in [3.05, 3.63) is 82.2 Å². The van der Waals surface area contributed by atoms with Crippen molar-refractivity contribution >= 4 is 29.1 Å². The lowest BCUT2D eigenvalue weighted by atomic mass is 10.1. The minimum Gasteiger partial charge on any atom is -0.497 e. The smallest absolute Gasteiger partial charge is 0.340 e. The van der Waals surface area contributed by atoms with E-state index < -0.39 is 18.4 Å². The van der Waals surface area contributed by atoms with Gasteiger partial charge >= 0.3 is 5.97 Å². The van der Waals surface area contributed by atoms with Crippen molar-refractivity contribution in [3.8, 4) is 5.75 Å². The fourth-order valence-corrected chi connectivity index (χ4v) is 3.87. The minimum absolute atomic E-state index is 0.141. The molecule has 0 spiro atoms. The number of anilines is 1. The Morgan fingerprint density at radius 2 is 1.66 bits per heavy atom. The lowest BCUT2D eigenvalue weighted by Gasteiger charge is -2.11. The number of carbonyl (C=O) groups excluding carboxylic acids is 4. The van der Waals surface area contributed by atoms with Gasteiger partial charge in [-0.15, -0.1) is 0 Å². The van der Waals surface area contributed by atoms with Gasteiger partial charge < -0.3 is 19.8 Å². The molecule has 8 heteroatoms. The molecule has 1 heterocycles. The first-order valence-electron chi connectivity index (χ1n) is 11.1. The summed E-state index contributed by atoms with van der Waals surface area (Å²) in [4.78, 5) is 52.5. The van der Waals surface area contributed by atoms with Crippen LogP contribution >= 0.6 is 0 Å². The standard InChI is InChI=1S/C27H28N2O6/c1-16-25(18(3)30)17(2)28-26(16)23(31)15-35-27(33)21-7-5-6-8-22(21)29-24(32)14-11-19-9-12-20(34-4)13-10-19/h5-10,12-13,28H,11,14-15H2,1-4H3,(H,29,32). The van der Waals surface area contributed by atoms with Crippen LogP contribution < -0.4 is 10.1 Å². The van der Waals surface area contributed by atoms with E-state index in [2.05, 4.69) is 10.3 Å². The van der Waals surface area contributed by atoms with Crippen molar-refractivity contribution in [1.82, 2.24) is 4.98 Å².